The summed E-state index contributed by atoms with van der Waals surface area (Å²) < 4.78 is 4.73. The third-order valence-electron chi connectivity index (χ3n) is 3.78. The Morgan fingerprint density at radius 2 is 2.28 bits per heavy atom. The van der Waals surface area contributed by atoms with Crippen LogP contribution in [0, 0.1) is 5.92 Å². The summed E-state index contributed by atoms with van der Waals surface area (Å²) in [6.07, 6.45) is 2.08. The van der Waals surface area contributed by atoms with E-state index in [1.807, 2.05) is 12.1 Å². The second-order valence-corrected chi connectivity index (χ2v) is 4.80. The van der Waals surface area contributed by atoms with Crippen molar-refractivity contribution in [3.05, 3.63) is 29.3 Å². The van der Waals surface area contributed by atoms with E-state index in [1.54, 1.807) is 0 Å². The Labute approximate surface area is 106 Å². The van der Waals surface area contributed by atoms with E-state index >= 15 is 0 Å². The van der Waals surface area contributed by atoms with Crippen molar-refractivity contribution in [2.45, 2.75) is 12.8 Å². The number of esters is 1. The number of aryl methyl sites for hydroxylation is 1. The smallest absolute Gasteiger partial charge is 0.318 e. The highest BCUT2D eigenvalue weighted by molar-refractivity contribution is 6.14. The first-order valence-corrected chi connectivity index (χ1v) is 6.21. The Morgan fingerprint density at radius 3 is 3.06 bits per heavy atom. The average molecular weight is 245 g/mol. The molecule has 1 aromatic carbocycles. The fourth-order valence-electron chi connectivity index (χ4n) is 2.93. The van der Waals surface area contributed by atoms with E-state index in [1.165, 1.54) is 12.7 Å². The summed E-state index contributed by atoms with van der Waals surface area (Å²) in [7, 11) is 1.33. The fraction of sp³-hybridized carbons (Fsp3) is 0.429. The van der Waals surface area contributed by atoms with Gasteiger partial charge in [0.15, 0.2) is 5.78 Å². The van der Waals surface area contributed by atoms with Gasteiger partial charge in [0.1, 0.15) is 5.92 Å². The van der Waals surface area contributed by atoms with Crippen molar-refractivity contribution < 1.29 is 14.3 Å². The molecule has 1 atom stereocenters. The molecule has 2 aliphatic heterocycles. The second-order valence-electron chi connectivity index (χ2n) is 4.80. The number of hydrogen-bond donors (Lipinski definition) is 0. The van der Waals surface area contributed by atoms with E-state index in [0.717, 1.165) is 25.1 Å². The number of para-hydroxylation sites is 1. The molecule has 94 valence electrons. The number of nitrogens with zero attached hydrogens (tertiary/aromatic N) is 1. The van der Waals surface area contributed by atoms with E-state index < -0.39 is 11.9 Å². The minimum Gasteiger partial charge on any atom is -0.468 e. The van der Waals surface area contributed by atoms with Gasteiger partial charge in [-0.1, -0.05) is 12.1 Å². The van der Waals surface area contributed by atoms with Gasteiger partial charge >= 0.3 is 5.97 Å². The van der Waals surface area contributed by atoms with Crippen LogP contribution in [0.3, 0.4) is 0 Å². The van der Waals surface area contributed by atoms with Gasteiger partial charge in [0.05, 0.1) is 12.8 Å². The van der Waals surface area contributed by atoms with Gasteiger partial charge in [0.25, 0.3) is 0 Å². The molecule has 0 aliphatic carbocycles. The van der Waals surface area contributed by atoms with Crippen molar-refractivity contribution in [3.8, 4) is 0 Å². The Bertz CT molecular complexity index is 524. The molecule has 0 spiro atoms. The van der Waals surface area contributed by atoms with Gasteiger partial charge in [0, 0.05) is 18.7 Å². The number of ketones is 1. The molecule has 0 unspecified atom stereocenters. The Morgan fingerprint density at radius 1 is 1.44 bits per heavy atom. The molecular formula is C14H15NO3. The van der Waals surface area contributed by atoms with Crippen molar-refractivity contribution >= 4 is 17.4 Å². The van der Waals surface area contributed by atoms with Crippen molar-refractivity contribution in [1.82, 2.24) is 0 Å². The van der Waals surface area contributed by atoms with E-state index in [-0.39, 0.29) is 5.78 Å². The molecule has 0 fully saturated rings. The highest BCUT2D eigenvalue weighted by Crippen LogP contribution is 2.36. The molecular weight excluding hydrogens is 230 g/mol. The molecule has 3 rings (SSSR count). The fourth-order valence-corrected chi connectivity index (χ4v) is 2.93. The summed E-state index contributed by atoms with van der Waals surface area (Å²) in [6.45, 7) is 1.36. The van der Waals surface area contributed by atoms with Gasteiger partial charge < -0.3 is 9.64 Å². The molecule has 0 aromatic heterocycles. The van der Waals surface area contributed by atoms with Gasteiger partial charge in [-0.2, -0.15) is 0 Å². The molecule has 0 saturated carbocycles. The van der Waals surface area contributed by atoms with Gasteiger partial charge in [0.2, 0.25) is 0 Å². The third kappa shape index (κ3) is 1.52. The maximum absolute atomic E-state index is 12.3. The number of Topliss-reactive ketones (excluding diaryl/α,β-unsaturated/α-hetero) is 1. The highest BCUT2D eigenvalue weighted by atomic mass is 16.5. The molecule has 2 aliphatic rings. The minimum absolute atomic E-state index is 0.100. The molecule has 0 radical (unpaired) electrons. The zero-order valence-corrected chi connectivity index (χ0v) is 10.3. The molecule has 4 heteroatoms. The van der Waals surface area contributed by atoms with Crippen LogP contribution in [0.5, 0.6) is 0 Å². The lowest BCUT2D eigenvalue weighted by molar-refractivity contribution is -0.143. The zero-order chi connectivity index (χ0) is 12.7. The van der Waals surface area contributed by atoms with Crippen LogP contribution in [0.4, 0.5) is 5.69 Å². The number of carbonyl (C=O) groups is 2. The average Bonchev–Trinajstić information content (AvgIpc) is 2.42. The molecule has 2 heterocycles. The van der Waals surface area contributed by atoms with Crippen LogP contribution in [0.25, 0.3) is 0 Å². The number of rotatable bonds is 1. The van der Waals surface area contributed by atoms with Crippen LogP contribution in [-0.2, 0) is 16.0 Å². The van der Waals surface area contributed by atoms with Crippen LogP contribution < -0.4 is 4.90 Å². The molecule has 18 heavy (non-hydrogen) atoms. The Balaban J connectivity index is 2.09. The standard InChI is InChI=1S/C14H15NO3/c1-18-14(17)11-8-15-7-3-5-9-4-2-6-10(12(9)15)13(11)16/h2,4,6,11H,3,5,7-8H2,1H3/t11-/m1/s1. The summed E-state index contributed by atoms with van der Waals surface area (Å²) in [5.41, 5.74) is 2.93. The normalized spacial score (nSPS) is 21.5. The van der Waals surface area contributed by atoms with Crippen LogP contribution in [-0.4, -0.2) is 32.0 Å². The Hall–Kier alpha value is -1.84. The quantitative estimate of drug-likeness (QED) is 0.554. The summed E-state index contributed by atoms with van der Waals surface area (Å²) in [5, 5.41) is 0. The van der Waals surface area contributed by atoms with E-state index in [4.69, 9.17) is 4.74 Å². The van der Waals surface area contributed by atoms with Crippen LogP contribution in [0.15, 0.2) is 18.2 Å². The SMILES string of the molecule is COC(=O)[C@@H]1CN2CCCc3cccc(c32)C1=O. The molecule has 4 nitrogen and oxygen atoms in total. The lowest BCUT2D eigenvalue weighted by atomic mass is 9.86. The number of carbonyl (C=O) groups excluding carboxylic acids is 2. The van der Waals surface area contributed by atoms with Gasteiger partial charge in [-0.15, -0.1) is 0 Å². The molecule has 1 aromatic rings. The minimum atomic E-state index is -0.671. The van der Waals surface area contributed by atoms with Crippen molar-refractivity contribution in [2.75, 3.05) is 25.1 Å². The predicted molar refractivity (Wildman–Crippen MR) is 66.8 cm³/mol. The molecule has 0 saturated heterocycles. The molecule has 0 amide bonds. The van der Waals surface area contributed by atoms with E-state index in [0.29, 0.717) is 12.1 Å². The maximum Gasteiger partial charge on any atom is 0.318 e. The van der Waals surface area contributed by atoms with E-state index in [2.05, 4.69) is 11.0 Å². The van der Waals surface area contributed by atoms with Gasteiger partial charge in [-0.25, -0.2) is 0 Å². The first-order valence-electron chi connectivity index (χ1n) is 6.21. The van der Waals surface area contributed by atoms with E-state index in [9.17, 15) is 9.59 Å². The number of anilines is 1. The number of ether oxygens (including phenoxy) is 1. The zero-order valence-electron chi connectivity index (χ0n) is 10.3. The molecule has 0 N–H and O–H groups in total. The molecule has 0 bridgehead atoms. The highest BCUT2D eigenvalue weighted by Gasteiger charge is 2.39. The first-order chi connectivity index (χ1) is 8.72. The summed E-state index contributed by atoms with van der Waals surface area (Å²) >= 11 is 0. The monoisotopic (exact) mass is 245 g/mol. The topological polar surface area (TPSA) is 46.6 Å². The van der Waals surface area contributed by atoms with Crippen LogP contribution in [0.1, 0.15) is 22.3 Å². The summed E-state index contributed by atoms with van der Waals surface area (Å²) in [4.78, 5) is 26.2. The lowest BCUT2D eigenvalue weighted by Crippen LogP contribution is -2.45. The number of benzene rings is 1. The first kappa shape index (κ1) is 11.3. The summed E-state index contributed by atoms with van der Waals surface area (Å²) in [6, 6.07) is 5.78. The largest absolute Gasteiger partial charge is 0.468 e. The van der Waals surface area contributed by atoms with Gasteiger partial charge in [-0.05, 0) is 24.5 Å². The van der Waals surface area contributed by atoms with Crippen molar-refractivity contribution in [1.29, 1.82) is 0 Å². The van der Waals surface area contributed by atoms with Crippen LogP contribution >= 0.6 is 0 Å². The van der Waals surface area contributed by atoms with Crippen molar-refractivity contribution in [2.24, 2.45) is 5.92 Å². The number of hydrogen-bond acceptors (Lipinski definition) is 4. The number of methoxy groups -OCH3 is 1. The second kappa shape index (κ2) is 4.12. The van der Waals surface area contributed by atoms with Crippen LogP contribution in [0.2, 0.25) is 0 Å². The lowest BCUT2D eigenvalue weighted by Gasteiger charge is -2.38. The van der Waals surface area contributed by atoms with Gasteiger partial charge in [-0.3, -0.25) is 9.59 Å². The van der Waals surface area contributed by atoms with Crippen molar-refractivity contribution in [3.63, 3.8) is 0 Å². The predicted octanol–water partition coefficient (Wildman–Crippen LogP) is 1.42. The Kier molecular flexibility index (Phi) is 2.58. The summed E-state index contributed by atoms with van der Waals surface area (Å²) in [5.74, 6) is -1.20. The third-order valence-corrected chi connectivity index (χ3v) is 3.78. The maximum atomic E-state index is 12.3.